The Bertz CT molecular complexity index is 509. The molecule has 1 unspecified atom stereocenters. The first-order chi connectivity index (χ1) is 11.7. The summed E-state index contributed by atoms with van der Waals surface area (Å²) in [6, 6.07) is 8.67. The van der Waals surface area contributed by atoms with Crippen LogP contribution in [0.25, 0.3) is 0 Å². The highest BCUT2D eigenvalue weighted by molar-refractivity contribution is 7.80. The number of likely N-dealkylation sites (tertiary alicyclic amines) is 1. The van der Waals surface area contributed by atoms with Crippen molar-refractivity contribution in [1.29, 1.82) is 0 Å². The van der Waals surface area contributed by atoms with E-state index < -0.39 is 0 Å². The average molecular weight is 350 g/mol. The van der Waals surface area contributed by atoms with Crippen molar-refractivity contribution in [1.82, 2.24) is 10.2 Å². The minimum Gasteiger partial charge on any atom is -0.494 e. The van der Waals surface area contributed by atoms with Gasteiger partial charge in [-0.2, -0.15) is 0 Å². The molecule has 1 atom stereocenters. The van der Waals surface area contributed by atoms with Crippen molar-refractivity contribution in [3.8, 4) is 5.75 Å². The highest BCUT2D eigenvalue weighted by Gasteiger charge is 2.19. The topological polar surface area (TPSA) is 36.5 Å². The van der Waals surface area contributed by atoms with Crippen LogP contribution >= 0.6 is 12.2 Å². The largest absolute Gasteiger partial charge is 0.494 e. The summed E-state index contributed by atoms with van der Waals surface area (Å²) in [6.07, 6.45) is 6.49. The van der Waals surface area contributed by atoms with E-state index in [2.05, 4.69) is 22.5 Å². The van der Waals surface area contributed by atoms with Gasteiger partial charge in [-0.05, 0) is 63.5 Å². The Hall–Kier alpha value is -1.33. The Morgan fingerprint density at radius 3 is 3.00 bits per heavy atom. The molecule has 1 heterocycles. The molecule has 0 bridgehead atoms. The third-order valence-electron chi connectivity index (χ3n) is 4.53. The maximum atomic E-state index is 5.51. The summed E-state index contributed by atoms with van der Waals surface area (Å²) in [5, 5.41) is 7.21. The maximum absolute atomic E-state index is 5.51. The Labute approximate surface area is 152 Å². The van der Waals surface area contributed by atoms with Crippen molar-refractivity contribution < 1.29 is 4.74 Å². The fourth-order valence-electron chi connectivity index (χ4n) is 3.31. The van der Waals surface area contributed by atoms with E-state index in [1.807, 2.05) is 31.2 Å². The van der Waals surface area contributed by atoms with Crippen LogP contribution in [0.3, 0.4) is 0 Å². The normalized spacial score (nSPS) is 18.2. The Morgan fingerprint density at radius 2 is 2.21 bits per heavy atom. The van der Waals surface area contributed by atoms with Gasteiger partial charge in [0.2, 0.25) is 0 Å². The van der Waals surface area contributed by atoms with E-state index in [0.29, 0.717) is 11.7 Å². The van der Waals surface area contributed by atoms with E-state index in [-0.39, 0.29) is 0 Å². The maximum Gasteiger partial charge on any atom is 0.170 e. The zero-order valence-electron chi connectivity index (χ0n) is 15.0. The summed E-state index contributed by atoms with van der Waals surface area (Å²) in [7, 11) is 0. The van der Waals surface area contributed by atoms with Crippen LogP contribution in [-0.2, 0) is 0 Å². The van der Waals surface area contributed by atoms with Gasteiger partial charge < -0.3 is 20.3 Å². The second-order valence-corrected chi connectivity index (χ2v) is 6.70. The lowest BCUT2D eigenvalue weighted by Gasteiger charge is -2.35. The minimum absolute atomic E-state index is 0.668. The molecule has 1 fully saturated rings. The molecule has 0 saturated carbocycles. The van der Waals surface area contributed by atoms with E-state index >= 15 is 0 Å². The van der Waals surface area contributed by atoms with Gasteiger partial charge in [0.25, 0.3) is 0 Å². The second kappa shape index (κ2) is 10.5. The van der Waals surface area contributed by atoms with Crippen LogP contribution in [0, 0.1) is 0 Å². The van der Waals surface area contributed by atoms with Gasteiger partial charge in [-0.15, -0.1) is 0 Å². The molecule has 24 heavy (non-hydrogen) atoms. The SMILES string of the molecule is CCOc1cccc(NC(=S)NCCCN2CCCCC2CC)c1. The summed E-state index contributed by atoms with van der Waals surface area (Å²) >= 11 is 5.38. The number of hydrogen-bond donors (Lipinski definition) is 2. The van der Waals surface area contributed by atoms with Crippen LogP contribution in [-0.4, -0.2) is 42.3 Å². The summed E-state index contributed by atoms with van der Waals surface area (Å²) in [6.45, 7) is 8.28. The highest BCUT2D eigenvalue weighted by atomic mass is 32.1. The van der Waals surface area contributed by atoms with Crippen LogP contribution < -0.4 is 15.4 Å². The van der Waals surface area contributed by atoms with Gasteiger partial charge in [0.05, 0.1) is 6.61 Å². The summed E-state index contributed by atoms with van der Waals surface area (Å²) in [4.78, 5) is 2.65. The van der Waals surface area contributed by atoms with Crippen LogP contribution in [0.15, 0.2) is 24.3 Å². The number of nitrogens with zero attached hydrogens (tertiary/aromatic N) is 1. The van der Waals surface area contributed by atoms with Crippen molar-refractivity contribution in [2.75, 3.05) is 31.6 Å². The van der Waals surface area contributed by atoms with Gasteiger partial charge in [-0.1, -0.05) is 19.4 Å². The number of benzene rings is 1. The summed E-state index contributed by atoms with van der Waals surface area (Å²) < 4.78 is 5.51. The predicted molar refractivity (Wildman–Crippen MR) is 106 cm³/mol. The van der Waals surface area contributed by atoms with Crippen molar-refractivity contribution in [2.24, 2.45) is 0 Å². The molecule has 134 valence electrons. The van der Waals surface area contributed by atoms with E-state index in [4.69, 9.17) is 17.0 Å². The molecule has 0 radical (unpaired) electrons. The third-order valence-corrected chi connectivity index (χ3v) is 4.78. The fourth-order valence-corrected chi connectivity index (χ4v) is 3.53. The molecular formula is C19H31N3OS. The number of nitrogens with one attached hydrogen (secondary N) is 2. The standard InChI is InChI=1S/C19H31N3OS/c1-3-17-10-5-6-13-22(17)14-8-12-20-19(24)21-16-9-7-11-18(15-16)23-4-2/h7,9,11,15,17H,3-6,8,10,12-14H2,1-2H3,(H2,20,21,24). The van der Waals surface area contributed by atoms with Crippen molar-refractivity contribution in [3.63, 3.8) is 0 Å². The number of thiocarbonyl (C=S) groups is 1. The molecule has 0 amide bonds. The Balaban J connectivity index is 1.67. The van der Waals surface area contributed by atoms with Gasteiger partial charge in [0.15, 0.2) is 5.11 Å². The lowest BCUT2D eigenvalue weighted by molar-refractivity contribution is 0.143. The number of rotatable bonds is 8. The number of anilines is 1. The summed E-state index contributed by atoms with van der Waals surface area (Å²) in [5.41, 5.74) is 0.959. The lowest BCUT2D eigenvalue weighted by atomic mass is 10.00. The lowest BCUT2D eigenvalue weighted by Crippen LogP contribution is -2.40. The number of piperidine rings is 1. The van der Waals surface area contributed by atoms with Gasteiger partial charge >= 0.3 is 0 Å². The molecular weight excluding hydrogens is 318 g/mol. The molecule has 4 nitrogen and oxygen atoms in total. The average Bonchev–Trinajstić information content (AvgIpc) is 2.59. The van der Waals surface area contributed by atoms with E-state index in [0.717, 1.165) is 37.0 Å². The van der Waals surface area contributed by atoms with Crippen molar-refractivity contribution in [2.45, 2.75) is 52.0 Å². The smallest absolute Gasteiger partial charge is 0.170 e. The molecule has 0 aromatic heterocycles. The first-order valence-electron chi connectivity index (χ1n) is 9.24. The third kappa shape index (κ3) is 6.29. The van der Waals surface area contributed by atoms with E-state index in [9.17, 15) is 0 Å². The molecule has 2 N–H and O–H groups in total. The Morgan fingerprint density at radius 1 is 1.33 bits per heavy atom. The van der Waals surface area contributed by atoms with Gasteiger partial charge in [-0.3, -0.25) is 0 Å². The second-order valence-electron chi connectivity index (χ2n) is 6.29. The zero-order chi connectivity index (χ0) is 17.2. The Kier molecular flexibility index (Phi) is 8.33. The zero-order valence-corrected chi connectivity index (χ0v) is 15.8. The summed E-state index contributed by atoms with van der Waals surface area (Å²) in [5.74, 6) is 0.862. The van der Waals surface area contributed by atoms with E-state index in [1.54, 1.807) is 0 Å². The molecule has 1 aliphatic rings. The first-order valence-corrected chi connectivity index (χ1v) is 9.65. The molecule has 0 spiro atoms. The monoisotopic (exact) mass is 349 g/mol. The molecule has 1 saturated heterocycles. The van der Waals surface area contributed by atoms with Gasteiger partial charge in [-0.25, -0.2) is 0 Å². The first kappa shape index (κ1) is 19.0. The molecule has 1 aliphatic heterocycles. The van der Waals surface area contributed by atoms with Crippen LogP contribution in [0.2, 0.25) is 0 Å². The van der Waals surface area contributed by atoms with Crippen molar-refractivity contribution >= 4 is 23.0 Å². The minimum atomic E-state index is 0.668. The quantitative estimate of drug-likeness (QED) is 0.547. The molecule has 1 aromatic rings. The number of ether oxygens (including phenoxy) is 1. The molecule has 2 rings (SSSR count). The van der Waals surface area contributed by atoms with Gasteiger partial charge in [0, 0.05) is 30.9 Å². The predicted octanol–water partition coefficient (Wildman–Crippen LogP) is 4.03. The van der Waals surface area contributed by atoms with Crippen LogP contribution in [0.1, 0.15) is 46.0 Å². The van der Waals surface area contributed by atoms with Crippen LogP contribution in [0.5, 0.6) is 5.75 Å². The molecule has 5 heteroatoms. The van der Waals surface area contributed by atoms with Crippen LogP contribution in [0.4, 0.5) is 5.69 Å². The van der Waals surface area contributed by atoms with Gasteiger partial charge in [0.1, 0.15) is 5.75 Å². The van der Waals surface area contributed by atoms with Crippen molar-refractivity contribution in [3.05, 3.63) is 24.3 Å². The highest BCUT2D eigenvalue weighted by Crippen LogP contribution is 2.19. The fraction of sp³-hybridized carbons (Fsp3) is 0.632. The molecule has 0 aliphatic carbocycles. The van der Waals surface area contributed by atoms with E-state index in [1.165, 1.54) is 32.2 Å². The number of hydrogen-bond acceptors (Lipinski definition) is 3. The molecule has 1 aromatic carbocycles.